The van der Waals surface area contributed by atoms with Crippen LogP contribution in [0.2, 0.25) is 0 Å². The lowest BCUT2D eigenvalue weighted by Gasteiger charge is -2.41. The zero-order chi connectivity index (χ0) is 72.2. The highest BCUT2D eigenvalue weighted by atomic mass is 16.3. The second kappa shape index (κ2) is 38.4. The molecule has 0 radical (unpaired) electrons. The molecular formula is C68H124N12O13. The molecule has 0 aliphatic carbocycles. The Morgan fingerprint density at radius 1 is 0.484 bits per heavy atom. The fraction of sp³-hybridized carbons (Fsp3) is 0.809. The molecule has 25 nitrogen and oxygen atoms in total. The largest absolute Gasteiger partial charge is 0.390 e. The van der Waals surface area contributed by atoms with E-state index in [2.05, 4.69) is 21.3 Å². The van der Waals surface area contributed by atoms with E-state index < -0.39 is 161 Å². The second-order valence-corrected chi connectivity index (χ2v) is 28.5. The quantitative estimate of drug-likeness (QED) is 0.0952. The van der Waals surface area contributed by atoms with Gasteiger partial charge in [-0.25, -0.2) is 0 Å². The first-order valence-corrected chi connectivity index (χ1v) is 33.7. The minimum absolute atomic E-state index is 0.0246. The van der Waals surface area contributed by atoms with Crippen LogP contribution in [0.25, 0.3) is 0 Å². The first-order chi connectivity index (χ1) is 42.9. The van der Waals surface area contributed by atoms with E-state index in [1.54, 1.807) is 60.6 Å². The number of hydrogen-bond acceptors (Lipinski definition) is 14. The third kappa shape index (κ3) is 24.2. The molecule has 1 heterocycles. The van der Waals surface area contributed by atoms with Crippen molar-refractivity contribution in [1.82, 2.24) is 60.5 Å². The molecule has 1 aliphatic rings. The first kappa shape index (κ1) is 84.8. The van der Waals surface area contributed by atoms with E-state index in [0.29, 0.717) is 19.6 Å². The fourth-order valence-corrected chi connectivity index (χ4v) is 12.0. The van der Waals surface area contributed by atoms with Crippen molar-refractivity contribution in [3.8, 4) is 0 Å². The van der Waals surface area contributed by atoms with E-state index in [-0.39, 0.29) is 62.7 Å². The molecule has 25 heteroatoms. The zero-order valence-electron chi connectivity index (χ0n) is 61.6. The SMILES string of the molecule is CC=CC[C@@H](C)[C@@H](O)[C@H]1C(=O)N[C@@H](CC)C(=O)N(C)[C@@H](CCN(CC)CC)C(=O)N(C)[C@@H](CC(C)(C)O)C(=O)N[C@@H](C(C)C)C(=O)N(C)[C@@H](CC(C)C)C(=O)N[C@@H](C)C(=O)N[C@H](C)C(=O)N(C)[C@@H](CC(C)C)C(=O)N(C)[C@@H](CC(C)C)C(=O)N(C)[C@@H](C(C)C)C(=O)N1C. The van der Waals surface area contributed by atoms with Gasteiger partial charge in [0, 0.05) is 62.3 Å². The molecule has 0 saturated carbocycles. The lowest BCUT2D eigenvalue weighted by molar-refractivity contribution is -0.157. The second-order valence-electron chi connectivity index (χ2n) is 28.5. The van der Waals surface area contributed by atoms with Crippen molar-refractivity contribution in [2.24, 2.45) is 35.5 Å². The summed E-state index contributed by atoms with van der Waals surface area (Å²) in [5.74, 6) is -10.2. The number of hydrogen-bond donors (Lipinski definition) is 6. The van der Waals surface area contributed by atoms with E-state index in [0.717, 1.165) is 9.80 Å². The topological polar surface area (TPSA) is 302 Å². The molecule has 1 aliphatic heterocycles. The number of likely N-dealkylation sites (N-methyl/N-ethyl adjacent to an activating group) is 7. The average Bonchev–Trinajstić information content (AvgIpc) is 0.815. The molecule has 1 saturated heterocycles. The summed E-state index contributed by atoms with van der Waals surface area (Å²) >= 11 is 0. The average molecular weight is 1320 g/mol. The number of carbonyl (C=O) groups excluding carboxylic acids is 11. The van der Waals surface area contributed by atoms with Crippen molar-refractivity contribution in [3.05, 3.63) is 12.2 Å². The van der Waals surface area contributed by atoms with E-state index in [1.807, 2.05) is 60.3 Å². The minimum Gasteiger partial charge on any atom is -0.390 e. The zero-order valence-corrected chi connectivity index (χ0v) is 61.6. The molecule has 11 amide bonds. The Balaban J connectivity index is 4.59. The fourth-order valence-electron chi connectivity index (χ4n) is 12.0. The van der Waals surface area contributed by atoms with Gasteiger partial charge in [0.2, 0.25) is 65.0 Å². The summed E-state index contributed by atoms with van der Waals surface area (Å²) in [6.45, 7) is 34.3. The van der Waals surface area contributed by atoms with Crippen molar-refractivity contribution < 1.29 is 63.0 Å². The van der Waals surface area contributed by atoms with Crippen LogP contribution in [-0.2, 0) is 52.7 Å². The predicted octanol–water partition coefficient (Wildman–Crippen LogP) is 3.48. The van der Waals surface area contributed by atoms with Gasteiger partial charge in [-0.3, -0.25) is 52.7 Å². The molecule has 13 atom stereocenters. The van der Waals surface area contributed by atoms with Gasteiger partial charge in [0.15, 0.2) is 0 Å². The molecular weight excluding hydrogens is 1190 g/mol. The lowest BCUT2D eigenvalue weighted by atomic mass is 9.91. The standard InChI is InChI=1S/C68H124N12O13/c1-27-31-32-44(15)56(81)55-60(85)71-47(28-2)62(87)73(20)48(33-34-80(29-3)30-4)63(88)77(24)52(38-68(18,19)93)59(84)72-53(42(11)12)66(91)74(21)49(35-39(5)6)58(83)69-45(16)57(82)70-46(17)61(86)75(22)50(36-40(7)8)64(89)76(23)51(37-41(9)10)65(90)78(25)54(43(13)14)67(92)79(55)26/h27,31,39-56,81,93H,28-30,32-38H2,1-26H3,(H,69,83)(H,70,82)(H,71,85)(H,72,84)/t44-,45+,46-,47+,48+,49+,50+,51+,52+,53+,54+,55+,56-/m1/s1. The minimum atomic E-state index is -1.66. The molecule has 0 spiro atoms. The maximum atomic E-state index is 15.3. The van der Waals surface area contributed by atoms with Gasteiger partial charge in [-0.05, 0) is 122 Å². The maximum absolute atomic E-state index is 15.3. The molecule has 0 aromatic rings. The van der Waals surface area contributed by atoms with E-state index in [9.17, 15) is 34.2 Å². The lowest BCUT2D eigenvalue weighted by Crippen LogP contribution is -2.64. The predicted molar refractivity (Wildman–Crippen MR) is 361 cm³/mol. The molecule has 0 unspecified atom stereocenters. The number of rotatable bonds is 20. The number of nitrogens with zero attached hydrogens (tertiary/aromatic N) is 8. The van der Waals surface area contributed by atoms with Crippen LogP contribution < -0.4 is 21.3 Å². The monoisotopic (exact) mass is 1320 g/mol. The summed E-state index contributed by atoms with van der Waals surface area (Å²) < 4.78 is 0. The van der Waals surface area contributed by atoms with Gasteiger partial charge in [0.25, 0.3) is 0 Å². The van der Waals surface area contributed by atoms with E-state index in [1.165, 1.54) is 102 Å². The molecule has 6 N–H and O–H groups in total. The molecule has 1 fully saturated rings. The smallest absolute Gasteiger partial charge is 0.246 e. The van der Waals surface area contributed by atoms with Gasteiger partial charge in [-0.15, -0.1) is 0 Å². The van der Waals surface area contributed by atoms with Crippen molar-refractivity contribution >= 4 is 65.0 Å². The van der Waals surface area contributed by atoms with Crippen LogP contribution in [0.3, 0.4) is 0 Å². The van der Waals surface area contributed by atoms with Crippen LogP contribution in [0, 0.1) is 35.5 Å². The van der Waals surface area contributed by atoms with Gasteiger partial charge < -0.3 is 70.7 Å². The number of allylic oxidation sites excluding steroid dienone is 2. The van der Waals surface area contributed by atoms with Crippen LogP contribution in [0.4, 0.5) is 0 Å². The van der Waals surface area contributed by atoms with Gasteiger partial charge in [-0.2, -0.15) is 0 Å². The highest BCUT2D eigenvalue weighted by molar-refractivity contribution is 6.00. The summed E-state index contributed by atoms with van der Waals surface area (Å²) in [7, 11) is 9.88. The van der Waals surface area contributed by atoms with Gasteiger partial charge in [0.05, 0.1) is 11.7 Å². The number of amides is 11. The Morgan fingerprint density at radius 2 is 0.903 bits per heavy atom. The Morgan fingerprint density at radius 3 is 1.35 bits per heavy atom. The Hall–Kier alpha value is -6.21. The summed E-state index contributed by atoms with van der Waals surface area (Å²) in [5, 5.41) is 34.7. The van der Waals surface area contributed by atoms with Gasteiger partial charge in [-0.1, -0.05) is 109 Å². The number of aliphatic hydroxyl groups is 2. The van der Waals surface area contributed by atoms with Crippen molar-refractivity contribution in [3.63, 3.8) is 0 Å². The Labute approximate surface area is 557 Å². The molecule has 0 aromatic heterocycles. The third-order valence-electron chi connectivity index (χ3n) is 18.0. The van der Waals surface area contributed by atoms with Crippen LogP contribution in [0.15, 0.2) is 12.2 Å². The normalized spacial score (nSPS) is 26.6. The van der Waals surface area contributed by atoms with Crippen LogP contribution in [0.5, 0.6) is 0 Å². The van der Waals surface area contributed by atoms with E-state index in [4.69, 9.17) is 0 Å². The molecule has 1 rings (SSSR count). The molecule has 534 valence electrons. The van der Waals surface area contributed by atoms with Crippen LogP contribution in [-0.4, -0.2) is 262 Å². The van der Waals surface area contributed by atoms with Crippen molar-refractivity contribution in [2.45, 2.75) is 255 Å². The molecule has 0 aromatic carbocycles. The summed E-state index contributed by atoms with van der Waals surface area (Å²) in [4.78, 5) is 174. The van der Waals surface area contributed by atoms with Crippen molar-refractivity contribution in [1.29, 1.82) is 0 Å². The van der Waals surface area contributed by atoms with Crippen molar-refractivity contribution in [2.75, 3.05) is 69.0 Å². The summed E-state index contributed by atoms with van der Waals surface area (Å²) in [5.41, 5.74) is -1.58. The molecule has 93 heavy (non-hydrogen) atoms. The molecule has 0 bridgehead atoms. The first-order valence-electron chi connectivity index (χ1n) is 33.7. The third-order valence-corrected chi connectivity index (χ3v) is 18.0. The summed E-state index contributed by atoms with van der Waals surface area (Å²) in [6, 6.07) is -14.4. The van der Waals surface area contributed by atoms with Gasteiger partial charge >= 0.3 is 0 Å². The Kier molecular flexibility index (Phi) is 35.0. The highest BCUT2D eigenvalue weighted by Gasteiger charge is 2.47. The maximum Gasteiger partial charge on any atom is 0.246 e. The number of nitrogens with one attached hydrogen (secondary N) is 4. The van der Waals surface area contributed by atoms with Crippen LogP contribution >= 0.6 is 0 Å². The number of aliphatic hydroxyl groups excluding tert-OH is 1. The van der Waals surface area contributed by atoms with Crippen LogP contribution in [0.1, 0.15) is 176 Å². The Bertz CT molecular complexity index is 2530. The van der Waals surface area contributed by atoms with Gasteiger partial charge in [0.1, 0.15) is 66.5 Å². The summed E-state index contributed by atoms with van der Waals surface area (Å²) in [6.07, 6.45) is 2.42. The number of carbonyl (C=O) groups is 11. The van der Waals surface area contributed by atoms with E-state index >= 15 is 28.8 Å². The highest BCUT2D eigenvalue weighted by Crippen LogP contribution is 2.27.